The van der Waals surface area contributed by atoms with Crippen LogP contribution in [0.4, 0.5) is 0 Å². The number of hydrogen-bond donors (Lipinski definition) is 0. The monoisotopic (exact) mass is 411 g/mol. The van der Waals surface area contributed by atoms with Gasteiger partial charge in [-0.15, -0.1) is 11.8 Å². The largest absolute Gasteiger partial charge is 0.497 e. The average Bonchev–Trinajstić information content (AvgIpc) is 3.25. The van der Waals surface area contributed by atoms with Gasteiger partial charge in [0, 0.05) is 12.3 Å². The Balaban J connectivity index is 1.61. The van der Waals surface area contributed by atoms with Crippen molar-refractivity contribution in [2.24, 2.45) is 0 Å². The van der Waals surface area contributed by atoms with Crippen molar-refractivity contribution in [1.82, 2.24) is 4.31 Å². The molecule has 1 aliphatic rings. The second-order valence-electron chi connectivity index (χ2n) is 6.50. The summed E-state index contributed by atoms with van der Waals surface area (Å²) in [6, 6.07) is 24.7. The van der Waals surface area contributed by atoms with Crippen LogP contribution >= 0.6 is 11.8 Å². The van der Waals surface area contributed by atoms with Crippen LogP contribution in [-0.4, -0.2) is 32.1 Å². The van der Waals surface area contributed by atoms with Gasteiger partial charge in [-0.3, -0.25) is 0 Å². The van der Waals surface area contributed by atoms with Gasteiger partial charge in [0.2, 0.25) is 10.0 Å². The van der Waals surface area contributed by atoms with Crippen molar-refractivity contribution in [2.75, 3.05) is 19.4 Å². The third-order valence-corrected chi connectivity index (χ3v) is 8.09. The maximum absolute atomic E-state index is 13.3. The van der Waals surface area contributed by atoms with Gasteiger partial charge in [0.1, 0.15) is 5.75 Å². The molecule has 1 saturated heterocycles. The van der Waals surface area contributed by atoms with E-state index in [1.165, 1.54) is 0 Å². The van der Waals surface area contributed by atoms with Crippen molar-refractivity contribution in [2.45, 2.75) is 10.3 Å². The van der Waals surface area contributed by atoms with Crippen molar-refractivity contribution in [3.05, 3.63) is 84.4 Å². The second kappa shape index (κ2) is 7.99. The highest BCUT2D eigenvalue weighted by Gasteiger charge is 2.36. The Kier molecular flexibility index (Phi) is 5.44. The van der Waals surface area contributed by atoms with E-state index in [1.807, 2.05) is 66.7 Å². The van der Waals surface area contributed by atoms with Crippen molar-refractivity contribution >= 4 is 21.8 Å². The third kappa shape index (κ3) is 3.68. The Morgan fingerprint density at radius 3 is 2.18 bits per heavy atom. The number of benzene rings is 3. The molecule has 0 aliphatic carbocycles. The van der Waals surface area contributed by atoms with E-state index in [4.69, 9.17) is 4.74 Å². The maximum Gasteiger partial charge on any atom is 0.244 e. The van der Waals surface area contributed by atoms with Gasteiger partial charge in [-0.05, 0) is 41.0 Å². The van der Waals surface area contributed by atoms with Gasteiger partial charge in [-0.2, -0.15) is 4.31 Å². The fourth-order valence-electron chi connectivity index (χ4n) is 3.32. The van der Waals surface area contributed by atoms with Crippen LogP contribution < -0.4 is 4.74 Å². The van der Waals surface area contributed by atoms with Gasteiger partial charge >= 0.3 is 0 Å². The van der Waals surface area contributed by atoms with Gasteiger partial charge in [0.05, 0.1) is 17.4 Å². The molecule has 0 N–H and O–H groups in total. The molecule has 6 heteroatoms. The van der Waals surface area contributed by atoms with Gasteiger partial charge in [0.25, 0.3) is 0 Å². The SMILES string of the molecule is COc1ccc([C@@H]2SCCN2S(=O)(=O)c2ccc(-c3ccccc3)cc2)cc1. The molecule has 0 spiro atoms. The Bertz CT molecular complexity index is 1030. The lowest BCUT2D eigenvalue weighted by molar-refractivity contribution is 0.413. The first-order chi connectivity index (χ1) is 13.6. The lowest BCUT2D eigenvalue weighted by Gasteiger charge is -2.24. The topological polar surface area (TPSA) is 46.6 Å². The van der Waals surface area contributed by atoms with Gasteiger partial charge < -0.3 is 4.74 Å². The van der Waals surface area contributed by atoms with Gasteiger partial charge in [-0.25, -0.2) is 8.42 Å². The van der Waals surface area contributed by atoms with Crippen LogP contribution in [0.5, 0.6) is 5.75 Å². The summed E-state index contributed by atoms with van der Waals surface area (Å²) in [5.41, 5.74) is 3.04. The molecule has 4 nitrogen and oxygen atoms in total. The zero-order valence-corrected chi connectivity index (χ0v) is 17.1. The van der Waals surface area contributed by atoms with Gasteiger partial charge in [0.15, 0.2) is 0 Å². The second-order valence-corrected chi connectivity index (χ2v) is 9.58. The summed E-state index contributed by atoms with van der Waals surface area (Å²) >= 11 is 1.64. The maximum atomic E-state index is 13.3. The molecule has 4 rings (SSSR count). The minimum atomic E-state index is -3.57. The molecule has 0 amide bonds. The smallest absolute Gasteiger partial charge is 0.244 e. The molecule has 0 unspecified atom stereocenters. The van der Waals surface area contributed by atoms with Gasteiger partial charge in [-0.1, -0.05) is 54.6 Å². The van der Waals surface area contributed by atoms with Crippen molar-refractivity contribution < 1.29 is 13.2 Å². The standard InChI is InChI=1S/C22H21NO3S2/c1-26-20-11-7-19(8-12-20)22-23(15-16-27-22)28(24,25)21-13-9-18(10-14-21)17-5-3-2-4-6-17/h2-14,22H,15-16H2,1H3/t22-/m0/s1. The first-order valence-corrected chi connectivity index (χ1v) is 11.5. The summed E-state index contributed by atoms with van der Waals surface area (Å²) in [6.45, 7) is 0.504. The predicted molar refractivity (Wildman–Crippen MR) is 114 cm³/mol. The van der Waals surface area contributed by atoms with Crippen molar-refractivity contribution in [1.29, 1.82) is 0 Å². The highest BCUT2D eigenvalue weighted by molar-refractivity contribution is 8.01. The Hall–Kier alpha value is -2.28. The predicted octanol–water partition coefficient (Wildman–Crippen LogP) is 4.80. The minimum Gasteiger partial charge on any atom is -0.497 e. The normalized spacial score (nSPS) is 17.5. The lowest BCUT2D eigenvalue weighted by Crippen LogP contribution is -2.30. The van der Waals surface area contributed by atoms with Crippen LogP contribution in [0.25, 0.3) is 11.1 Å². The molecule has 28 heavy (non-hydrogen) atoms. The molecule has 0 saturated carbocycles. The summed E-state index contributed by atoms with van der Waals surface area (Å²) in [4.78, 5) is 0.327. The Morgan fingerprint density at radius 2 is 1.54 bits per heavy atom. The summed E-state index contributed by atoms with van der Waals surface area (Å²) in [7, 11) is -1.95. The van der Waals surface area contributed by atoms with E-state index in [1.54, 1.807) is 35.3 Å². The number of rotatable bonds is 5. The van der Waals surface area contributed by atoms with E-state index < -0.39 is 10.0 Å². The molecule has 0 aromatic heterocycles. The van der Waals surface area contributed by atoms with E-state index in [2.05, 4.69) is 0 Å². The number of methoxy groups -OCH3 is 1. The summed E-state index contributed by atoms with van der Waals surface area (Å²) in [5, 5.41) is -0.218. The van der Waals surface area contributed by atoms with E-state index >= 15 is 0 Å². The first kappa shape index (κ1) is 19.1. The fraction of sp³-hybridized carbons (Fsp3) is 0.182. The summed E-state index contributed by atoms with van der Waals surface area (Å²) < 4.78 is 33.4. The summed E-state index contributed by atoms with van der Waals surface area (Å²) in [5.74, 6) is 1.54. The number of thioether (sulfide) groups is 1. The molecule has 144 valence electrons. The van der Waals surface area contributed by atoms with E-state index in [0.29, 0.717) is 11.4 Å². The van der Waals surface area contributed by atoms with E-state index in [0.717, 1.165) is 28.2 Å². The molecule has 1 aliphatic heterocycles. The van der Waals surface area contributed by atoms with Crippen molar-refractivity contribution in [3.63, 3.8) is 0 Å². The molecule has 1 atom stereocenters. The summed E-state index contributed by atoms with van der Waals surface area (Å²) in [6.07, 6.45) is 0. The number of hydrogen-bond acceptors (Lipinski definition) is 4. The quantitative estimate of drug-likeness (QED) is 0.605. The van der Waals surface area contributed by atoms with Crippen LogP contribution in [0.2, 0.25) is 0 Å². The Morgan fingerprint density at radius 1 is 0.893 bits per heavy atom. The third-order valence-electron chi connectivity index (χ3n) is 4.82. The molecule has 0 bridgehead atoms. The molecule has 1 heterocycles. The highest BCUT2D eigenvalue weighted by atomic mass is 32.2. The van der Waals surface area contributed by atoms with E-state index in [9.17, 15) is 8.42 Å². The number of nitrogens with zero attached hydrogens (tertiary/aromatic N) is 1. The van der Waals surface area contributed by atoms with Crippen LogP contribution in [0.3, 0.4) is 0 Å². The number of sulfonamides is 1. The first-order valence-electron chi connectivity index (χ1n) is 9.02. The minimum absolute atomic E-state index is 0.218. The fourth-order valence-corrected chi connectivity index (χ4v) is 6.56. The zero-order valence-electron chi connectivity index (χ0n) is 15.5. The molecule has 3 aromatic carbocycles. The van der Waals surface area contributed by atoms with Crippen LogP contribution in [0, 0.1) is 0 Å². The lowest BCUT2D eigenvalue weighted by atomic mass is 10.1. The van der Waals surface area contributed by atoms with Crippen molar-refractivity contribution in [3.8, 4) is 16.9 Å². The van der Waals surface area contributed by atoms with Crippen LogP contribution in [0.15, 0.2) is 83.8 Å². The van der Waals surface area contributed by atoms with Crippen LogP contribution in [0.1, 0.15) is 10.9 Å². The zero-order chi connectivity index (χ0) is 19.6. The number of ether oxygens (including phenoxy) is 1. The Labute approximate surface area is 170 Å². The highest BCUT2D eigenvalue weighted by Crippen LogP contribution is 2.41. The van der Waals surface area contributed by atoms with Crippen LogP contribution in [-0.2, 0) is 10.0 Å². The molecule has 3 aromatic rings. The molecular formula is C22H21NO3S2. The molecule has 0 radical (unpaired) electrons. The van der Waals surface area contributed by atoms with E-state index in [-0.39, 0.29) is 5.37 Å². The average molecular weight is 412 g/mol. The molecular weight excluding hydrogens is 390 g/mol. The molecule has 1 fully saturated rings.